The Hall–Kier alpha value is -1.59. The van der Waals surface area contributed by atoms with Gasteiger partial charge in [0.1, 0.15) is 5.75 Å². The van der Waals surface area contributed by atoms with Crippen LogP contribution in [0.4, 0.5) is 0 Å². The van der Waals surface area contributed by atoms with Gasteiger partial charge in [-0.1, -0.05) is 6.07 Å². The maximum atomic E-state index is 12.3. The van der Waals surface area contributed by atoms with Gasteiger partial charge in [0.2, 0.25) is 0 Å². The van der Waals surface area contributed by atoms with E-state index in [-0.39, 0.29) is 11.7 Å². The fraction of sp³-hybridized carbons (Fsp3) is 0.308. The second kappa shape index (κ2) is 4.59. The highest BCUT2D eigenvalue weighted by atomic mass is 32.1. The number of phenols is 1. The maximum Gasteiger partial charge on any atom is 0.264 e. The Bertz CT molecular complexity index is 587. The highest BCUT2D eigenvalue weighted by Gasteiger charge is 2.20. The van der Waals surface area contributed by atoms with Gasteiger partial charge in [-0.05, 0) is 18.2 Å². The Morgan fingerprint density at radius 2 is 2.11 bits per heavy atom. The van der Waals surface area contributed by atoms with Crippen molar-refractivity contribution in [1.82, 2.24) is 4.90 Å². The lowest BCUT2D eigenvalue weighted by molar-refractivity contribution is 0.0306. The predicted molar refractivity (Wildman–Crippen MR) is 70.2 cm³/mol. The summed E-state index contributed by atoms with van der Waals surface area (Å²) in [5.41, 5.74) is 0. The van der Waals surface area contributed by atoms with E-state index in [0.29, 0.717) is 31.2 Å². The quantitative estimate of drug-likeness (QED) is 0.857. The standard InChI is InChI=1S/C13H13NO3S/c15-10-2-1-3-11-9(10)8-12(18-11)13(16)14-4-6-17-7-5-14/h1-3,8,15H,4-7H2. The topological polar surface area (TPSA) is 49.8 Å². The van der Waals surface area contributed by atoms with Gasteiger partial charge in [-0.2, -0.15) is 0 Å². The van der Waals surface area contributed by atoms with Crippen LogP contribution in [0, 0.1) is 0 Å². The number of carbonyl (C=O) groups is 1. The van der Waals surface area contributed by atoms with E-state index in [1.165, 1.54) is 11.3 Å². The number of aromatic hydroxyl groups is 1. The van der Waals surface area contributed by atoms with Crippen LogP contribution in [-0.2, 0) is 4.74 Å². The zero-order valence-electron chi connectivity index (χ0n) is 9.76. The third-order valence-corrected chi connectivity index (χ3v) is 4.14. The van der Waals surface area contributed by atoms with Crippen LogP contribution in [0.25, 0.3) is 10.1 Å². The molecule has 1 aromatic heterocycles. The molecule has 1 saturated heterocycles. The van der Waals surface area contributed by atoms with Crippen LogP contribution in [0.2, 0.25) is 0 Å². The summed E-state index contributed by atoms with van der Waals surface area (Å²) >= 11 is 1.42. The van der Waals surface area contributed by atoms with Crippen LogP contribution < -0.4 is 0 Å². The van der Waals surface area contributed by atoms with Gasteiger partial charge in [0.05, 0.1) is 18.1 Å². The molecular formula is C13H13NO3S. The number of hydrogen-bond donors (Lipinski definition) is 1. The molecule has 1 aliphatic heterocycles. The summed E-state index contributed by atoms with van der Waals surface area (Å²) < 4.78 is 6.17. The molecule has 0 saturated carbocycles. The summed E-state index contributed by atoms with van der Waals surface area (Å²) in [5.74, 6) is 0.253. The normalized spacial score (nSPS) is 16.1. The molecule has 1 aliphatic rings. The Labute approximate surface area is 108 Å². The smallest absolute Gasteiger partial charge is 0.264 e. The van der Waals surface area contributed by atoms with Crippen molar-refractivity contribution in [3.63, 3.8) is 0 Å². The van der Waals surface area contributed by atoms with Crippen molar-refractivity contribution >= 4 is 27.3 Å². The van der Waals surface area contributed by atoms with Crippen molar-refractivity contribution in [1.29, 1.82) is 0 Å². The Kier molecular flexibility index (Phi) is 2.93. The van der Waals surface area contributed by atoms with Gasteiger partial charge in [0.25, 0.3) is 5.91 Å². The van der Waals surface area contributed by atoms with Crippen LogP contribution in [0.3, 0.4) is 0 Å². The second-order valence-electron chi connectivity index (χ2n) is 4.20. The Morgan fingerprint density at radius 3 is 2.83 bits per heavy atom. The van der Waals surface area contributed by atoms with Crippen LogP contribution in [0.15, 0.2) is 24.3 Å². The summed E-state index contributed by atoms with van der Waals surface area (Å²) in [6.07, 6.45) is 0. The lowest BCUT2D eigenvalue weighted by Crippen LogP contribution is -2.40. The lowest BCUT2D eigenvalue weighted by atomic mass is 10.2. The number of fused-ring (bicyclic) bond motifs is 1. The van der Waals surface area contributed by atoms with Gasteiger partial charge in [0.15, 0.2) is 0 Å². The lowest BCUT2D eigenvalue weighted by Gasteiger charge is -2.26. The van der Waals surface area contributed by atoms with E-state index in [2.05, 4.69) is 0 Å². The van der Waals surface area contributed by atoms with Crippen molar-refractivity contribution in [2.24, 2.45) is 0 Å². The van der Waals surface area contributed by atoms with Gasteiger partial charge in [0, 0.05) is 23.2 Å². The molecule has 0 spiro atoms. The monoisotopic (exact) mass is 263 g/mol. The summed E-state index contributed by atoms with van der Waals surface area (Å²) in [4.78, 5) is 14.8. The molecule has 5 heteroatoms. The number of phenolic OH excluding ortho intramolecular Hbond substituents is 1. The van der Waals surface area contributed by atoms with Crippen LogP contribution >= 0.6 is 11.3 Å². The SMILES string of the molecule is O=C(c1cc2c(O)cccc2s1)N1CCOCC1. The molecule has 1 N–H and O–H groups in total. The number of hydrogen-bond acceptors (Lipinski definition) is 4. The molecule has 0 unspecified atom stereocenters. The van der Waals surface area contributed by atoms with E-state index < -0.39 is 0 Å². The van der Waals surface area contributed by atoms with Crippen molar-refractivity contribution in [3.8, 4) is 5.75 Å². The van der Waals surface area contributed by atoms with Gasteiger partial charge in [-0.3, -0.25) is 4.79 Å². The third-order valence-electron chi connectivity index (χ3n) is 3.05. The number of thiophene rings is 1. The summed E-state index contributed by atoms with van der Waals surface area (Å²) in [5, 5.41) is 10.5. The molecule has 1 amide bonds. The van der Waals surface area contributed by atoms with E-state index in [1.807, 2.05) is 6.07 Å². The minimum absolute atomic E-state index is 0.0268. The third kappa shape index (κ3) is 1.95. The molecule has 0 bridgehead atoms. The largest absolute Gasteiger partial charge is 0.507 e. The van der Waals surface area contributed by atoms with Crippen LogP contribution in [0.1, 0.15) is 9.67 Å². The van der Waals surface area contributed by atoms with Crippen molar-refractivity contribution in [2.45, 2.75) is 0 Å². The molecule has 94 valence electrons. The molecule has 1 fully saturated rings. The maximum absolute atomic E-state index is 12.3. The number of nitrogens with zero attached hydrogens (tertiary/aromatic N) is 1. The molecule has 2 aromatic rings. The second-order valence-corrected chi connectivity index (χ2v) is 5.29. The number of carbonyl (C=O) groups excluding carboxylic acids is 1. The van der Waals surface area contributed by atoms with Gasteiger partial charge in [-0.25, -0.2) is 0 Å². The first-order valence-electron chi connectivity index (χ1n) is 5.84. The zero-order valence-corrected chi connectivity index (χ0v) is 10.6. The number of amides is 1. The van der Waals surface area contributed by atoms with Crippen molar-refractivity contribution in [3.05, 3.63) is 29.1 Å². The first-order valence-corrected chi connectivity index (χ1v) is 6.66. The van der Waals surface area contributed by atoms with Gasteiger partial charge < -0.3 is 14.7 Å². The van der Waals surface area contributed by atoms with Crippen molar-refractivity contribution in [2.75, 3.05) is 26.3 Å². The molecular weight excluding hydrogens is 250 g/mol. The van der Waals surface area contributed by atoms with E-state index in [4.69, 9.17) is 4.74 Å². The zero-order chi connectivity index (χ0) is 12.5. The first kappa shape index (κ1) is 11.5. The van der Waals surface area contributed by atoms with E-state index >= 15 is 0 Å². The number of morpholine rings is 1. The summed E-state index contributed by atoms with van der Waals surface area (Å²) in [7, 11) is 0. The first-order chi connectivity index (χ1) is 8.75. The summed E-state index contributed by atoms with van der Waals surface area (Å²) in [6, 6.07) is 7.11. The van der Waals surface area contributed by atoms with E-state index in [0.717, 1.165) is 10.1 Å². The number of rotatable bonds is 1. The highest BCUT2D eigenvalue weighted by molar-refractivity contribution is 7.20. The number of ether oxygens (including phenoxy) is 1. The highest BCUT2D eigenvalue weighted by Crippen LogP contribution is 2.32. The fourth-order valence-electron chi connectivity index (χ4n) is 2.07. The summed E-state index contributed by atoms with van der Waals surface area (Å²) in [6.45, 7) is 2.47. The van der Waals surface area contributed by atoms with E-state index in [9.17, 15) is 9.90 Å². The minimum Gasteiger partial charge on any atom is -0.507 e. The van der Waals surface area contributed by atoms with E-state index in [1.54, 1.807) is 23.1 Å². The fourth-order valence-corrected chi connectivity index (χ4v) is 3.12. The van der Waals surface area contributed by atoms with Crippen LogP contribution in [-0.4, -0.2) is 42.2 Å². The molecule has 0 aliphatic carbocycles. The molecule has 18 heavy (non-hydrogen) atoms. The Balaban J connectivity index is 1.94. The molecule has 3 rings (SSSR count). The average molecular weight is 263 g/mol. The molecule has 1 aromatic carbocycles. The minimum atomic E-state index is 0.0268. The molecule has 4 nitrogen and oxygen atoms in total. The molecule has 0 radical (unpaired) electrons. The average Bonchev–Trinajstić information content (AvgIpc) is 2.84. The molecule has 2 heterocycles. The van der Waals surface area contributed by atoms with Crippen molar-refractivity contribution < 1.29 is 14.6 Å². The van der Waals surface area contributed by atoms with Gasteiger partial charge in [-0.15, -0.1) is 11.3 Å². The predicted octanol–water partition coefficient (Wildman–Crippen LogP) is 2.08. The van der Waals surface area contributed by atoms with Gasteiger partial charge >= 0.3 is 0 Å². The number of benzene rings is 1. The Morgan fingerprint density at radius 1 is 1.33 bits per heavy atom. The van der Waals surface area contributed by atoms with Crippen LogP contribution in [0.5, 0.6) is 5.75 Å². The molecule has 0 atom stereocenters.